The van der Waals surface area contributed by atoms with Gasteiger partial charge in [0.15, 0.2) is 0 Å². The van der Waals surface area contributed by atoms with Gasteiger partial charge in [0.25, 0.3) is 0 Å². The van der Waals surface area contributed by atoms with Gasteiger partial charge in [0.1, 0.15) is 0 Å². The van der Waals surface area contributed by atoms with E-state index < -0.39 is 0 Å². The van der Waals surface area contributed by atoms with Crippen molar-refractivity contribution in [2.75, 3.05) is 17.7 Å². The number of benzene rings is 1. The lowest BCUT2D eigenvalue weighted by Crippen LogP contribution is -2.07. The Morgan fingerprint density at radius 3 is 2.27 bits per heavy atom. The number of nitrogen functional groups attached to an aromatic ring is 1. The molecule has 0 saturated carbocycles. The SMILES string of the molecule is C1=NCCS1.NNc1c(Cl)cccc1Cl. The Bertz CT molecular complexity index is 318. The molecule has 3 N–H and O–H groups in total. The van der Waals surface area contributed by atoms with Gasteiger partial charge in [0, 0.05) is 12.3 Å². The molecule has 0 aliphatic carbocycles. The second-order valence-electron chi connectivity index (χ2n) is 2.62. The minimum Gasteiger partial charge on any atom is -0.321 e. The van der Waals surface area contributed by atoms with E-state index in [1.54, 1.807) is 30.0 Å². The van der Waals surface area contributed by atoms with Crippen molar-refractivity contribution in [2.24, 2.45) is 10.8 Å². The minimum absolute atomic E-state index is 0.523. The zero-order valence-corrected chi connectivity index (χ0v) is 10.2. The quantitative estimate of drug-likeness (QED) is 0.605. The summed E-state index contributed by atoms with van der Waals surface area (Å²) in [5.74, 6) is 6.33. The maximum Gasteiger partial charge on any atom is 0.0860 e. The second-order valence-corrected chi connectivity index (χ2v) is 4.39. The standard InChI is InChI=1S/C6H6Cl2N2.C3H5NS/c7-4-2-1-3-5(8)6(4)10-9;1-2-5-3-4-1/h1-3,10H,9H2;3H,1-2H2. The highest BCUT2D eigenvalue weighted by Crippen LogP contribution is 2.28. The van der Waals surface area contributed by atoms with Crippen LogP contribution in [0.4, 0.5) is 5.69 Å². The highest BCUT2D eigenvalue weighted by Gasteiger charge is 2.00. The summed E-state index contributed by atoms with van der Waals surface area (Å²) in [6.07, 6.45) is 0. The van der Waals surface area contributed by atoms with Crippen molar-refractivity contribution in [1.82, 2.24) is 0 Å². The maximum absolute atomic E-state index is 5.70. The molecule has 0 atom stereocenters. The molecule has 1 aromatic rings. The predicted molar refractivity (Wildman–Crippen MR) is 70.1 cm³/mol. The van der Waals surface area contributed by atoms with Crippen LogP contribution in [0.15, 0.2) is 23.2 Å². The predicted octanol–water partition coefficient (Wildman–Crippen LogP) is 3.04. The first-order chi connectivity index (χ1) is 7.25. The van der Waals surface area contributed by atoms with Gasteiger partial charge in [-0.25, -0.2) is 0 Å². The molecular weight excluding hydrogens is 253 g/mol. The topological polar surface area (TPSA) is 50.4 Å². The monoisotopic (exact) mass is 263 g/mol. The number of aliphatic imine (C=N–C) groups is 1. The van der Waals surface area contributed by atoms with Crippen molar-refractivity contribution >= 4 is 46.2 Å². The fourth-order valence-corrected chi connectivity index (χ4v) is 1.93. The van der Waals surface area contributed by atoms with Crippen LogP contribution in [0.2, 0.25) is 10.0 Å². The van der Waals surface area contributed by atoms with Gasteiger partial charge in [-0.1, -0.05) is 29.3 Å². The van der Waals surface area contributed by atoms with Gasteiger partial charge >= 0.3 is 0 Å². The molecule has 0 amide bonds. The van der Waals surface area contributed by atoms with Crippen LogP contribution in [0.1, 0.15) is 0 Å². The summed E-state index contributed by atoms with van der Waals surface area (Å²) in [6.45, 7) is 1.03. The molecule has 3 nitrogen and oxygen atoms in total. The average molecular weight is 264 g/mol. The fourth-order valence-electron chi connectivity index (χ4n) is 0.899. The summed E-state index contributed by atoms with van der Waals surface area (Å²) < 4.78 is 0. The van der Waals surface area contributed by atoms with Crippen molar-refractivity contribution in [2.45, 2.75) is 0 Å². The molecule has 0 saturated heterocycles. The van der Waals surface area contributed by atoms with Crippen LogP contribution in [0.25, 0.3) is 0 Å². The van der Waals surface area contributed by atoms with Gasteiger partial charge in [0.05, 0.1) is 21.3 Å². The number of para-hydroxylation sites is 1. The van der Waals surface area contributed by atoms with E-state index in [2.05, 4.69) is 10.4 Å². The number of nitrogens with zero attached hydrogens (tertiary/aromatic N) is 1. The van der Waals surface area contributed by atoms with Crippen molar-refractivity contribution in [1.29, 1.82) is 0 Å². The van der Waals surface area contributed by atoms with E-state index in [4.69, 9.17) is 29.0 Å². The molecular formula is C9H11Cl2N3S. The third-order valence-corrected chi connectivity index (χ3v) is 2.94. The largest absolute Gasteiger partial charge is 0.321 e. The molecule has 0 aromatic heterocycles. The minimum atomic E-state index is 0.523. The van der Waals surface area contributed by atoms with Crippen molar-refractivity contribution < 1.29 is 0 Å². The number of hydrogen-bond donors (Lipinski definition) is 2. The molecule has 0 unspecified atom stereocenters. The Labute approximate surface area is 103 Å². The van der Waals surface area contributed by atoms with E-state index in [0.29, 0.717) is 15.7 Å². The van der Waals surface area contributed by atoms with Gasteiger partial charge in [-0.15, -0.1) is 11.8 Å². The van der Waals surface area contributed by atoms with Crippen LogP contribution >= 0.6 is 35.0 Å². The molecule has 0 spiro atoms. The first kappa shape index (κ1) is 12.6. The number of hydrazine groups is 1. The Hall–Kier alpha value is -0.420. The molecule has 1 heterocycles. The lowest BCUT2D eigenvalue weighted by atomic mass is 10.3. The summed E-state index contributed by atoms with van der Waals surface area (Å²) in [7, 11) is 0. The highest BCUT2D eigenvalue weighted by molar-refractivity contribution is 8.12. The van der Waals surface area contributed by atoms with E-state index >= 15 is 0 Å². The first-order valence-electron chi connectivity index (χ1n) is 4.26. The van der Waals surface area contributed by atoms with Crippen LogP contribution in [0, 0.1) is 0 Å². The molecule has 0 bridgehead atoms. The smallest absolute Gasteiger partial charge is 0.0860 e. The van der Waals surface area contributed by atoms with E-state index in [-0.39, 0.29) is 0 Å². The third-order valence-electron chi connectivity index (χ3n) is 1.59. The van der Waals surface area contributed by atoms with Crippen LogP contribution < -0.4 is 11.3 Å². The molecule has 6 heteroatoms. The molecule has 2 rings (SSSR count). The molecule has 15 heavy (non-hydrogen) atoms. The lowest BCUT2D eigenvalue weighted by molar-refractivity contribution is 1.18. The Morgan fingerprint density at radius 1 is 1.33 bits per heavy atom. The van der Waals surface area contributed by atoms with Gasteiger partial charge in [0.2, 0.25) is 0 Å². The summed E-state index contributed by atoms with van der Waals surface area (Å²) >= 11 is 13.2. The van der Waals surface area contributed by atoms with E-state index in [1.807, 2.05) is 5.55 Å². The van der Waals surface area contributed by atoms with Crippen molar-refractivity contribution in [3.63, 3.8) is 0 Å². The molecule has 82 valence electrons. The summed E-state index contributed by atoms with van der Waals surface area (Å²) in [4.78, 5) is 3.92. The molecule has 1 aromatic carbocycles. The highest BCUT2D eigenvalue weighted by atomic mass is 35.5. The van der Waals surface area contributed by atoms with Crippen LogP contribution in [-0.2, 0) is 0 Å². The van der Waals surface area contributed by atoms with E-state index in [9.17, 15) is 0 Å². The normalized spacial score (nSPS) is 13.3. The summed E-state index contributed by atoms with van der Waals surface area (Å²) in [5, 5.41) is 1.05. The Balaban J connectivity index is 0.000000187. The Morgan fingerprint density at radius 2 is 2.00 bits per heavy atom. The molecule has 0 fully saturated rings. The lowest BCUT2D eigenvalue weighted by Gasteiger charge is -2.03. The number of thioether (sulfide) groups is 1. The maximum atomic E-state index is 5.70. The number of hydrogen-bond acceptors (Lipinski definition) is 4. The molecule has 0 radical (unpaired) electrons. The Kier molecular flexibility index (Phi) is 5.86. The van der Waals surface area contributed by atoms with Gasteiger partial charge < -0.3 is 5.43 Å². The first-order valence-corrected chi connectivity index (χ1v) is 6.06. The van der Waals surface area contributed by atoms with Crippen LogP contribution in [-0.4, -0.2) is 17.8 Å². The number of halogens is 2. The van der Waals surface area contributed by atoms with Gasteiger partial charge in [-0.3, -0.25) is 10.8 Å². The average Bonchev–Trinajstić information content (AvgIpc) is 2.76. The number of nitrogens with one attached hydrogen (secondary N) is 1. The summed E-state index contributed by atoms with van der Waals surface area (Å²) in [6, 6.07) is 5.18. The fraction of sp³-hybridized carbons (Fsp3) is 0.222. The van der Waals surface area contributed by atoms with Crippen LogP contribution in [0.5, 0.6) is 0 Å². The molecule has 1 aliphatic heterocycles. The third kappa shape index (κ3) is 4.30. The zero-order valence-electron chi connectivity index (χ0n) is 7.91. The van der Waals surface area contributed by atoms with Crippen molar-refractivity contribution in [3.05, 3.63) is 28.2 Å². The molecule has 1 aliphatic rings. The van der Waals surface area contributed by atoms with Gasteiger partial charge in [-0.05, 0) is 12.1 Å². The number of anilines is 1. The van der Waals surface area contributed by atoms with E-state index in [0.717, 1.165) is 6.54 Å². The zero-order chi connectivity index (χ0) is 11.1. The number of nitrogens with two attached hydrogens (primary N) is 1. The van der Waals surface area contributed by atoms with Crippen LogP contribution in [0.3, 0.4) is 0 Å². The second kappa shape index (κ2) is 6.95. The summed E-state index contributed by atoms with van der Waals surface area (Å²) in [5.41, 5.74) is 4.86. The van der Waals surface area contributed by atoms with Gasteiger partial charge in [-0.2, -0.15) is 0 Å². The van der Waals surface area contributed by atoms with Crippen molar-refractivity contribution in [3.8, 4) is 0 Å². The number of rotatable bonds is 1. The van der Waals surface area contributed by atoms with E-state index in [1.165, 1.54) is 5.75 Å².